The number of hydrogen-bond donors (Lipinski definition) is 2. The Kier molecular flexibility index (Phi) is 4.52. The van der Waals surface area contributed by atoms with Gasteiger partial charge >= 0.3 is 0 Å². The average Bonchev–Trinajstić information content (AvgIpc) is 2.41. The SMILES string of the molecule is OCC(Nc1nc(Cl)ncc1Cl)c1ccccc1F. The van der Waals surface area contributed by atoms with E-state index >= 15 is 0 Å². The molecule has 0 aliphatic heterocycles. The van der Waals surface area contributed by atoms with Crippen molar-refractivity contribution in [3.8, 4) is 0 Å². The molecule has 2 N–H and O–H groups in total. The van der Waals surface area contributed by atoms with Crippen molar-refractivity contribution >= 4 is 29.0 Å². The van der Waals surface area contributed by atoms with Gasteiger partial charge in [-0.15, -0.1) is 0 Å². The lowest BCUT2D eigenvalue weighted by Crippen LogP contribution is -2.17. The maximum atomic E-state index is 13.7. The Morgan fingerprint density at radius 1 is 1.32 bits per heavy atom. The summed E-state index contributed by atoms with van der Waals surface area (Å²) >= 11 is 11.6. The van der Waals surface area contributed by atoms with Crippen LogP contribution in [0.3, 0.4) is 0 Å². The number of aliphatic hydroxyl groups is 1. The van der Waals surface area contributed by atoms with Gasteiger partial charge in [0.25, 0.3) is 0 Å². The molecule has 0 saturated heterocycles. The molecule has 0 saturated carbocycles. The Balaban J connectivity index is 2.29. The highest BCUT2D eigenvalue weighted by Crippen LogP contribution is 2.25. The quantitative estimate of drug-likeness (QED) is 0.852. The van der Waals surface area contributed by atoms with E-state index in [9.17, 15) is 9.50 Å². The molecule has 4 nitrogen and oxygen atoms in total. The minimum atomic E-state index is -0.676. The molecule has 1 atom stereocenters. The summed E-state index contributed by atoms with van der Waals surface area (Å²) in [5.74, 6) is -0.186. The van der Waals surface area contributed by atoms with Crippen molar-refractivity contribution in [3.63, 3.8) is 0 Å². The number of halogens is 3. The monoisotopic (exact) mass is 301 g/mol. The van der Waals surface area contributed by atoms with Gasteiger partial charge in [-0.3, -0.25) is 0 Å². The maximum absolute atomic E-state index is 13.7. The molecule has 1 aromatic carbocycles. The third kappa shape index (κ3) is 3.32. The van der Waals surface area contributed by atoms with Crippen LogP contribution in [-0.4, -0.2) is 21.7 Å². The third-order valence-corrected chi connectivity index (χ3v) is 2.95. The molecule has 0 bridgehead atoms. The first kappa shape index (κ1) is 14.0. The number of benzene rings is 1. The number of hydrogen-bond acceptors (Lipinski definition) is 4. The van der Waals surface area contributed by atoms with E-state index in [1.807, 2.05) is 0 Å². The van der Waals surface area contributed by atoms with Crippen molar-refractivity contribution in [2.24, 2.45) is 0 Å². The average molecular weight is 302 g/mol. The van der Waals surface area contributed by atoms with Crippen LogP contribution in [0.5, 0.6) is 0 Å². The molecule has 0 aliphatic carbocycles. The largest absolute Gasteiger partial charge is 0.394 e. The minimum absolute atomic E-state index is 0.0112. The van der Waals surface area contributed by atoms with Crippen molar-refractivity contribution in [2.75, 3.05) is 11.9 Å². The van der Waals surface area contributed by atoms with Crippen LogP contribution >= 0.6 is 23.2 Å². The van der Waals surface area contributed by atoms with Crippen molar-refractivity contribution in [1.82, 2.24) is 9.97 Å². The highest BCUT2D eigenvalue weighted by atomic mass is 35.5. The van der Waals surface area contributed by atoms with Crippen LogP contribution in [-0.2, 0) is 0 Å². The van der Waals surface area contributed by atoms with Gasteiger partial charge in [-0.05, 0) is 17.7 Å². The van der Waals surface area contributed by atoms with Crippen LogP contribution in [0, 0.1) is 5.82 Å². The zero-order valence-corrected chi connectivity index (χ0v) is 11.2. The second-order valence-corrected chi connectivity index (χ2v) is 4.48. The number of aromatic nitrogens is 2. The topological polar surface area (TPSA) is 58.0 Å². The summed E-state index contributed by atoms with van der Waals surface area (Å²) in [5, 5.41) is 12.5. The lowest BCUT2D eigenvalue weighted by atomic mass is 10.1. The molecule has 19 heavy (non-hydrogen) atoms. The van der Waals surface area contributed by atoms with E-state index in [2.05, 4.69) is 15.3 Å². The fourth-order valence-corrected chi connectivity index (χ4v) is 1.87. The lowest BCUT2D eigenvalue weighted by molar-refractivity contribution is 0.273. The summed E-state index contributed by atoms with van der Waals surface area (Å²) in [6.45, 7) is -0.321. The molecular weight excluding hydrogens is 292 g/mol. The molecule has 0 spiro atoms. The van der Waals surface area contributed by atoms with Gasteiger partial charge in [0.05, 0.1) is 18.8 Å². The lowest BCUT2D eigenvalue weighted by Gasteiger charge is -2.18. The molecule has 1 unspecified atom stereocenters. The zero-order valence-electron chi connectivity index (χ0n) is 9.65. The first-order valence-corrected chi connectivity index (χ1v) is 6.17. The maximum Gasteiger partial charge on any atom is 0.224 e. The third-order valence-electron chi connectivity index (χ3n) is 2.49. The Hall–Kier alpha value is -1.43. The van der Waals surface area contributed by atoms with Crippen LogP contribution in [0.15, 0.2) is 30.5 Å². The molecule has 1 aromatic heterocycles. The Morgan fingerprint density at radius 3 is 2.74 bits per heavy atom. The second-order valence-electron chi connectivity index (χ2n) is 3.74. The van der Waals surface area contributed by atoms with E-state index in [1.54, 1.807) is 18.2 Å². The number of nitrogens with one attached hydrogen (secondary N) is 1. The first-order valence-electron chi connectivity index (χ1n) is 5.41. The molecule has 1 heterocycles. The molecule has 2 rings (SSSR count). The van der Waals surface area contributed by atoms with Gasteiger partial charge in [0.2, 0.25) is 5.28 Å². The van der Waals surface area contributed by atoms with Gasteiger partial charge in [0.1, 0.15) is 16.7 Å². The van der Waals surface area contributed by atoms with Gasteiger partial charge in [0, 0.05) is 5.56 Å². The summed E-state index contributed by atoms with van der Waals surface area (Å²) in [5.41, 5.74) is 0.316. The van der Waals surface area contributed by atoms with E-state index in [4.69, 9.17) is 23.2 Å². The Morgan fingerprint density at radius 2 is 2.05 bits per heavy atom. The van der Waals surface area contributed by atoms with Crippen molar-refractivity contribution in [1.29, 1.82) is 0 Å². The van der Waals surface area contributed by atoms with Gasteiger partial charge in [-0.25, -0.2) is 9.37 Å². The summed E-state index contributed by atoms with van der Waals surface area (Å²) in [7, 11) is 0. The molecule has 0 fully saturated rings. The van der Waals surface area contributed by atoms with E-state index in [1.165, 1.54) is 12.3 Å². The molecule has 100 valence electrons. The highest BCUT2D eigenvalue weighted by molar-refractivity contribution is 6.33. The summed E-state index contributed by atoms with van der Waals surface area (Å²) < 4.78 is 13.7. The van der Waals surface area contributed by atoms with Crippen LogP contribution in [0.4, 0.5) is 10.2 Å². The van der Waals surface area contributed by atoms with Crippen LogP contribution in [0.25, 0.3) is 0 Å². The zero-order chi connectivity index (χ0) is 13.8. The molecule has 7 heteroatoms. The normalized spacial score (nSPS) is 12.2. The molecular formula is C12H10Cl2FN3O. The molecule has 0 radical (unpaired) electrons. The summed E-state index contributed by atoms with van der Waals surface area (Å²) in [4.78, 5) is 7.60. The van der Waals surface area contributed by atoms with Crippen LogP contribution < -0.4 is 5.32 Å². The fourth-order valence-electron chi connectivity index (χ4n) is 1.59. The van der Waals surface area contributed by atoms with E-state index in [-0.39, 0.29) is 22.7 Å². The van der Waals surface area contributed by atoms with Crippen LogP contribution in [0.1, 0.15) is 11.6 Å². The molecule has 2 aromatic rings. The number of aliphatic hydroxyl groups excluding tert-OH is 1. The van der Waals surface area contributed by atoms with Gasteiger partial charge < -0.3 is 10.4 Å². The smallest absolute Gasteiger partial charge is 0.224 e. The van der Waals surface area contributed by atoms with Crippen molar-refractivity contribution in [2.45, 2.75) is 6.04 Å². The number of anilines is 1. The minimum Gasteiger partial charge on any atom is -0.394 e. The van der Waals surface area contributed by atoms with Crippen LogP contribution in [0.2, 0.25) is 10.3 Å². The standard InChI is InChI=1S/C12H10Cl2FN3O/c13-8-5-16-12(14)18-11(8)17-10(6-19)7-3-1-2-4-9(7)15/h1-5,10,19H,6H2,(H,16,17,18). The summed E-state index contributed by atoms with van der Waals surface area (Å²) in [6, 6.07) is 5.46. The first-order chi connectivity index (χ1) is 9.11. The van der Waals surface area contributed by atoms with Gasteiger partial charge in [0.15, 0.2) is 0 Å². The summed E-state index contributed by atoms with van der Waals surface area (Å²) in [6.07, 6.45) is 1.33. The van der Waals surface area contributed by atoms with E-state index in [0.717, 1.165) is 0 Å². The highest BCUT2D eigenvalue weighted by Gasteiger charge is 2.16. The van der Waals surface area contributed by atoms with Gasteiger partial charge in [-0.2, -0.15) is 4.98 Å². The predicted molar refractivity (Wildman–Crippen MR) is 71.9 cm³/mol. The molecule has 0 aliphatic rings. The number of nitrogens with zero attached hydrogens (tertiary/aromatic N) is 2. The molecule has 0 amide bonds. The Labute approximate surface area is 119 Å². The van der Waals surface area contributed by atoms with E-state index in [0.29, 0.717) is 5.56 Å². The second kappa shape index (κ2) is 6.14. The fraction of sp³-hybridized carbons (Fsp3) is 0.167. The van der Waals surface area contributed by atoms with Crippen molar-refractivity contribution < 1.29 is 9.50 Å². The Bertz CT molecular complexity index is 583. The van der Waals surface area contributed by atoms with Crippen molar-refractivity contribution in [3.05, 3.63) is 52.1 Å². The number of rotatable bonds is 4. The predicted octanol–water partition coefficient (Wildman–Crippen LogP) is 3.07. The van der Waals surface area contributed by atoms with E-state index < -0.39 is 11.9 Å². The van der Waals surface area contributed by atoms with Gasteiger partial charge in [-0.1, -0.05) is 29.8 Å².